The van der Waals surface area contributed by atoms with Gasteiger partial charge in [0.05, 0.1) is 21.8 Å². The van der Waals surface area contributed by atoms with Crippen LogP contribution in [0.15, 0.2) is 24.3 Å². The SMILES string of the molecule is Cn1c(C(=O)N2CCN(S(=O)(=O)C3CCS(=O)(=O)C3)CC2)c(Cl)c2ccccc21. The van der Waals surface area contributed by atoms with E-state index >= 15 is 0 Å². The minimum atomic E-state index is -3.70. The van der Waals surface area contributed by atoms with E-state index < -0.39 is 25.1 Å². The molecule has 4 rings (SSSR count). The lowest BCUT2D eigenvalue weighted by Crippen LogP contribution is -2.53. The minimum absolute atomic E-state index is 0.0884. The molecule has 11 heteroatoms. The number of sulfone groups is 1. The van der Waals surface area contributed by atoms with Crippen LogP contribution in [0.1, 0.15) is 16.9 Å². The van der Waals surface area contributed by atoms with E-state index in [1.165, 1.54) is 4.31 Å². The molecule has 0 bridgehead atoms. The van der Waals surface area contributed by atoms with E-state index in [0.717, 1.165) is 10.9 Å². The van der Waals surface area contributed by atoms with Crippen LogP contribution in [-0.4, -0.2) is 79.4 Å². The van der Waals surface area contributed by atoms with Gasteiger partial charge in [-0.25, -0.2) is 16.8 Å². The fourth-order valence-corrected chi connectivity index (χ4v) is 8.97. The Hall–Kier alpha value is -1.62. The van der Waals surface area contributed by atoms with Crippen LogP contribution in [0.5, 0.6) is 0 Å². The van der Waals surface area contributed by atoms with Crippen LogP contribution < -0.4 is 0 Å². The molecule has 0 saturated carbocycles. The molecule has 1 atom stereocenters. The molecule has 8 nitrogen and oxygen atoms in total. The molecule has 2 saturated heterocycles. The number of benzene rings is 1. The lowest BCUT2D eigenvalue weighted by atomic mass is 10.2. The predicted octanol–water partition coefficient (Wildman–Crippen LogP) is 1.11. The number of hydrogen-bond acceptors (Lipinski definition) is 5. The Morgan fingerprint density at radius 1 is 1.14 bits per heavy atom. The van der Waals surface area contributed by atoms with Gasteiger partial charge < -0.3 is 9.47 Å². The van der Waals surface area contributed by atoms with Crippen LogP contribution in [0.3, 0.4) is 0 Å². The van der Waals surface area contributed by atoms with Gasteiger partial charge in [-0.15, -0.1) is 0 Å². The quantitative estimate of drug-likeness (QED) is 0.684. The molecule has 3 heterocycles. The van der Waals surface area contributed by atoms with Crippen LogP contribution in [0.2, 0.25) is 5.02 Å². The molecule has 2 aromatic rings. The van der Waals surface area contributed by atoms with Crippen molar-refractivity contribution in [2.24, 2.45) is 7.05 Å². The van der Waals surface area contributed by atoms with E-state index in [1.807, 2.05) is 24.3 Å². The third kappa shape index (κ3) is 3.56. The highest BCUT2D eigenvalue weighted by atomic mass is 35.5. The summed E-state index contributed by atoms with van der Waals surface area (Å²) in [5.74, 6) is -0.649. The highest BCUT2D eigenvalue weighted by molar-refractivity contribution is 7.95. The maximum atomic E-state index is 13.1. The number of nitrogens with zero attached hydrogens (tertiary/aromatic N) is 3. The summed E-state index contributed by atoms with van der Waals surface area (Å²) in [6.45, 7) is 0.753. The summed E-state index contributed by atoms with van der Waals surface area (Å²) < 4.78 is 51.9. The first-order valence-electron chi connectivity index (χ1n) is 9.33. The summed E-state index contributed by atoms with van der Waals surface area (Å²) in [5.41, 5.74) is 1.23. The molecule has 1 aromatic carbocycles. The first-order valence-corrected chi connectivity index (χ1v) is 13.0. The zero-order valence-electron chi connectivity index (χ0n) is 15.9. The predicted molar refractivity (Wildman–Crippen MR) is 111 cm³/mol. The molecule has 29 heavy (non-hydrogen) atoms. The number of aryl methyl sites for hydroxylation is 1. The monoisotopic (exact) mass is 459 g/mol. The number of rotatable bonds is 3. The molecule has 2 aliphatic heterocycles. The van der Waals surface area contributed by atoms with Gasteiger partial charge in [0.15, 0.2) is 9.84 Å². The molecule has 0 N–H and O–H groups in total. The van der Waals surface area contributed by atoms with Gasteiger partial charge in [-0.2, -0.15) is 4.31 Å². The van der Waals surface area contributed by atoms with Crippen LogP contribution in [-0.2, 0) is 26.9 Å². The Bertz CT molecular complexity index is 1140. The van der Waals surface area contributed by atoms with Crippen molar-refractivity contribution in [1.82, 2.24) is 13.8 Å². The van der Waals surface area contributed by atoms with Gasteiger partial charge in [-0.3, -0.25) is 4.79 Å². The normalized spacial score (nSPS) is 23.0. The molecule has 0 aliphatic carbocycles. The van der Waals surface area contributed by atoms with Crippen LogP contribution in [0.4, 0.5) is 0 Å². The van der Waals surface area contributed by atoms with Crippen molar-refractivity contribution in [1.29, 1.82) is 0 Å². The van der Waals surface area contributed by atoms with Crippen molar-refractivity contribution >= 4 is 48.3 Å². The third-order valence-corrected chi connectivity index (χ3v) is 10.4. The van der Waals surface area contributed by atoms with E-state index in [9.17, 15) is 21.6 Å². The van der Waals surface area contributed by atoms with Gasteiger partial charge in [0.1, 0.15) is 5.69 Å². The largest absolute Gasteiger partial charge is 0.338 e. The Labute approximate surface area is 175 Å². The number of halogens is 1. The van der Waals surface area contributed by atoms with Crippen LogP contribution >= 0.6 is 11.6 Å². The zero-order valence-corrected chi connectivity index (χ0v) is 18.3. The first-order chi connectivity index (χ1) is 13.6. The lowest BCUT2D eigenvalue weighted by Gasteiger charge is -2.35. The molecular weight excluding hydrogens is 438 g/mol. The molecule has 2 fully saturated rings. The molecule has 0 spiro atoms. The average molecular weight is 460 g/mol. The number of amides is 1. The van der Waals surface area contributed by atoms with E-state index in [4.69, 9.17) is 11.6 Å². The van der Waals surface area contributed by atoms with E-state index in [-0.39, 0.29) is 50.0 Å². The number of para-hydroxylation sites is 1. The number of carbonyl (C=O) groups excluding carboxylic acids is 1. The zero-order chi connectivity index (χ0) is 21.0. The summed E-state index contributed by atoms with van der Waals surface area (Å²) in [6.07, 6.45) is 0.134. The smallest absolute Gasteiger partial charge is 0.272 e. The second-order valence-corrected chi connectivity index (χ2v) is 12.3. The van der Waals surface area contributed by atoms with Crippen LogP contribution in [0, 0.1) is 0 Å². The highest BCUT2D eigenvalue weighted by Crippen LogP contribution is 2.31. The van der Waals surface area contributed by atoms with Crippen molar-refractivity contribution < 1.29 is 21.6 Å². The maximum absolute atomic E-state index is 13.1. The Morgan fingerprint density at radius 2 is 1.79 bits per heavy atom. The molecule has 1 amide bonds. The molecule has 1 aromatic heterocycles. The van der Waals surface area contributed by atoms with E-state index in [2.05, 4.69) is 0 Å². The van der Waals surface area contributed by atoms with E-state index in [1.54, 1.807) is 16.5 Å². The second kappa shape index (κ2) is 7.26. The average Bonchev–Trinajstić information content (AvgIpc) is 3.19. The summed E-state index contributed by atoms with van der Waals surface area (Å²) >= 11 is 6.46. The second-order valence-electron chi connectivity index (χ2n) is 7.50. The van der Waals surface area contributed by atoms with Crippen molar-refractivity contribution in [2.45, 2.75) is 11.7 Å². The van der Waals surface area contributed by atoms with Gasteiger partial charge in [0, 0.05) is 44.1 Å². The standard InChI is InChI=1S/C18H22ClN3O5S2/c1-20-15-5-3-2-4-14(15)16(19)17(20)18(23)21-7-9-22(10-8-21)29(26,27)13-6-11-28(24,25)12-13/h2-5,13H,6-12H2,1H3. The summed E-state index contributed by atoms with van der Waals surface area (Å²) in [7, 11) is -5.21. The summed E-state index contributed by atoms with van der Waals surface area (Å²) in [6, 6.07) is 7.47. The van der Waals surface area contributed by atoms with Crippen molar-refractivity contribution in [3.63, 3.8) is 0 Å². The number of sulfonamides is 1. The van der Waals surface area contributed by atoms with Crippen molar-refractivity contribution in [3.8, 4) is 0 Å². The lowest BCUT2D eigenvalue weighted by molar-refractivity contribution is 0.0688. The summed E-state index contributed by atoms with van der Waals surface area (Å²) in [4.78, 5) is 14.7. The number of carbonyl (C=O) groups is 1. The number of aromatic nitrogens is 1. The molecule has 158 valence electrons. The molecule has 0 radical (unpaired) electrons. The number of hydrogen-bond donors (Lipinski definition) is 0. The van der Waals surface area contributed by atoms with Gasteiger partial charge in [0.25, 0.3) is 5.91 Å². The van der Waals surface area contributed by atoms with Crippen molar-refractivity contribution in [2.75, 3.05) is 37.7 Å². The molecular formula is C18H22ClN3O5S2. The number of piperazine rings is 1. The Balaban J connectivity index is 1.50. The van der Waals surface area contributed by atoms with Gasteiger partial charge in [-0.1, -0.05) is 29.8 Å². The maximum Gasteiger partial charge on any atom is 0.272 e. The fraction of sp³-hybridized carbons (Fsp3) is 0.500. The van der Waals surface area contributed by atoms with Gasteiger partial charge in [-0.05, 0) is 12.5 Å². The first kappa shape index (κ1) is 20.6. The van der Waals surface area contributed by atoms with Gasteiger partial charge >= 0.3 is 0 Å². The van der Waals surface area contributed by atoms with Crippen LogP contribution in [0.25, 0.3) is 10.9 Å². The topological polar surface area (TPSA) is 96.8 Å². The molecule has 2 aliphatic rings. The van der Waals surface area contributed by atoms with E-state index in [0.29, 0.717) is 10.7 Å². The Morgan fingerprint density at radius 3 is 2.38 bits per heavy atom. The van der Waals surface area contributed by atoms with Gasteiger partial charge in [0.2, 0.25) is 10.0 Å². The van der Waals surface area contributed by atoms with Crippen molar-refractivity contribution in [3.05, 3.63) is 35.0 Å². The Kier molecular flexibility index (Phi) is 5.17. The minimum Gasteiger partial charge on any atom is -0.338 e. The third-order valence-electron chi connectivity index (χ3n) is 5.75. The summed E-state index contributed by atoms with van der Waals surface area (Å²) in [5, 5.41) is 0.297. The number of fused-ring (bicyclic) bond motifs is 1. The fourth-order valence-electron chi connectivity index (χ4n) is 4.09. The molecule has 1 unspecified atom stereocenters. The highest BCUT2D eigenvalue weighted by Gasteiger charge is 2.41.